The zero-order chi connectivity index (χ0) is 17.7. The van der Waals surface area contributed by atoms with Crippen LogP contribution in [0.5, 0.6) is 0 Å². The molecule has 0 amide bonds. The molecule has 1 radical (unpaired) electrons. The van der Waals surface area contributed by atoms with Crippen molar-refractivity contribution in [1.82, 2.24) is 14.1 Å². The van der Waals surface area contributed by atoms with Crippen LogP contribution in [-0.4, -0.2) is 14.1 Å². The van der Waals surface area contributed by atoms with Gasteiger partial charge in [-0.25, -0.2) is 9.78 Å². The van der Waals surface area contributed by atoms with Gasteiger partial charge in [0.05, 0.1) is 11.2 Å². The topological polar surface area (TPSA) is 39.8 Å². The van der Waals surface area contributed by atoms with Crippen LogP contribution >= 0.6 is 0 Å². The molecule has 0 bridgehead atoms. The summed E-state index contributed by atoms with van der Waals surface area (Å²) >= 11 is 0. The first-order chi connectivity index (χ1) is 11.1. The highest BCUT2D eigenvalue weighted by Crippen LogP contribution is 2.36. The molecule has 129 valence electrons. The summed E-state index contributed by atoms with van der Waals surface area (Å²) in [6.45, 7) is 11.6. The van der Waals surface area contributed by atoms with Gasteiger partial charge in [0.15, 0.2) is 5.65 Å². The van der Waals surface area contributed by atoms with Crippen LogP contribution in [0.3, 0.4) is 0 Å². The molecule has 0 aliphatic heterocycles. The third kappa shape index (κ3) is 3.19. The minimum Gasteiger partial charge on any atom is -0.290 e. The molecule has 0 spiro atoms. The lowest BCUT2D eigenvalue weighted by Crippen LogP contribution is -2.27. The van der Waals surface area contributed by atoms with Gasteiger partial charge in [-0.05, 0) is 47.8 Å². The van der Waals surface area contributed by atoms with Crippen LogP contribution < -0.4 is 5.69 Å². The zero-order valence-corrected chi connectivity index (χ0v) is 15.7. The van der Waals surface area contributed by atoms with Gasteiger partial charge in [0.2, 0.25) is 0 Å². The fourth-order valence-corrected chi connectivity index (χ4v) is 3.23. The predicted molar refractivity (Wildman–Crippen MR) is 99.7 cm³/mol. The monoisotopic (exact) mass is 326 g/mol. The fraction of sp³-hybridized carbons (Fsp3) is 0.550. The van der Waals surface area contributed by atoms with Crippen molar-refractivity contribution in [3.63, 3.8) is 0 Å². The summed E-state index contributed by atoms with van der Waals surface area (Å²) in [6.07, 6.45) is 6.62. The van der Waals surface area contributed by atoms with Crippen LogP contribution in [-0.2, 0) is 13.6 Å². The predicted octanol–water partition coefficient (Wildman–Crippen LogP) is 4.19. The summed E-state index contributed by atoms with van der Waals surface area (Å²) in [5.74, 6) is 0. The Balaban J connectivity index is 2.06. The number of nitrogens with zero attached hydrogens (tertiary/aromatic N) is 3. The minimum atomic E-state index is 0.00916. The van der Waals surface area contributed by atoms with Crippen LogP contribution in [0.25, 0.3) is 16.7 Å². The number of pyridine rings is 1. The first-order valence-corrected chi connectivity index (χ1v) is 8.67. The molecule has 1 aliphatic rings. The van der Waals surface area contributed by atoms with Gasteiger partial charge in [0.1, 0.15) is 0 Å². The Bertz CT molecular complexity index is 859. The Morgan fingerprint density at radius 3 is 2.54 bits per heavy atom. The van der Waals surface area contributed by atoms with E-state index in [1.54, 1.807) is 4.57 Å². The van der Waals surface area contributed by atoms with Gasteiger partial charge in [0, 0.05) is 13.6 Å². The number of aryl methyl sites for hydroxylation is 1. The van der Waals surface area contributed by atoms with E-state index in [0.29, 0.717) is 6.54 Å². The number of imidazole rings is 1. The Morgan fingerprint density at radius 1 is 1.25 bits per heavy atom. The van der Waals surface area contributed by atoms with Crippen molar-refractivity contribution in [2.75, 3.05) is 0 Å². The molecule has 0 atom stereocenters. The molecule has 0 aromatic carbocycles. The van der Waals surface area contributed by atoms with Crippen LogP contribution in [0, 0.1) is 17.3 Å². The van der Waals surface area contributed by atoms with Crippen molar-refractivity contribution < 1.29 is 0 Å². The van der Waals surface area contributed by atoms with Crippen molar-refractivity contribution in [3.05, 3.63) is 40.8 Å². The van der Waals surface area contributed by atoms with E-state index in [9.17, 15) is 4.79 Å². The highest BCUT2D eigenvalue weighted by atomic mass is 16.1. The van der Waals surface area contributed by atoms with E-state index in [1.165, 1.54) is 5.57 Å². The molecule has 3 rings (SSSR count). The molecule has 4 nitrogen and oxygen atoms in total. The third-order valence-corrected chi connectivity index (χ3v) is 4.69. The maximum Gasteiger partial charge on any atom is 0.330 e. The molecule has 2 aromatic heterocycles. The number of allylic oxidation sites excluding steroid dienone is 2. The Hall–Kier alpha value is -1.84. The van der Waals surface area contributed by atoms with Crippen LogP contribution in [0.4, 0.5) is 0 Å². The number of aromatic nitrogens is 3. The second-order valence-corrected chi connectivity index (χ2v) is 8.86. The lowest BCUT2D eigenvalue weighted by Gasteiger charge is -2.28. The van der Waals surface area contributed by atoms with Gasteiger partial charge in [-0.15, -0.1) is 0 Å². The maximum absolute atomic E-state index is 12.6. The number of hydrogen-bond acceptors (Lipinski definition) is 2. The molecule has 0 saturated carbocycles. The van der Waals surface area contributed by atoms with E-state index >= 15 is 0 Å². The summed E-state index contributed by atoms with van der Waals surface area (Å²) in [5.41, 5.74) is 4.24. The summed E-state index contributed by atoms with van der Waals surface area (Å²) in [7, 11) is 1.81. The molecule has 1 aliphatic carbocycles. The lowest BCUT2D eigenvalue weighted by atomic mass is 9.78. The van der Waals surface area contributed by atoms with Crippen molar-refractivity contribution in [1.29, 1.82) is 0 Å². The highest BCUT2D eigenvalue weighted by Gasteiger charge is 2.24. The normalized spacial score (nSPS) is 18.0. The molecule has 0 N–H and O–H groups in total. The van der Waals surface area contributed by atoms with Crippen LogP contribution in [0.2, 0.25) is 0 Å². The summed E-state index contributed by atoms with van der Waals surface area (Å²) < 4.78 is 3.51. The van der Waals surface area contributed by atoms with E-state index in [0.717, 1.165) is 29.7 Å². The van der Waals surface area contributed by atoms with E-state index in [-0.39, 0.29) is 16.5 Å². The molecule has 0 fully saturated rings. The maximum atomic E-state index is 12.6. The second kappa shape index (κ2) is 5.61. The van der Waals surface area contributed by atoms with Gasteiger partial charge in [0.25, 0.3) is 0 Å². The summed E-state index contributed by atoms with van der Waals surface area (Å²) in [5, 5.41) is 0. The van der Waals surface area contributed by atoms with E-state index in [1.807, 2.05) is 17.7 Å². The largest absolute Gasteiger partial charge is 0.330 e. The Labute approximate surface area is 144 Å². The minimum absolute atomic E-state index is 0.00916. The van der Waals surface area contributed by atoms with Gasteiger partial charge >= 0.3 is 5.69 Å². The molecule has 2 heterocycles. The average Bonchev–Trinajstić information content (AvgIpc) is 2.71. The zero-order valence-electron chi connectivity index (χ0n) is 15.7. The Morgan fingerprint density at radius 2 is 1.96 bits per heavy atom. The molecule has 0 unspecified atom stereocenters. The van der Waals surface area contributed by atoms with Crippen molar-refractivity contribution >= 4 is 16.7 Å². The number of rotatable bonds is 2. The standard InChI is InChI=1S/C20H28N3O/c1-19(2,3)13-23-16-8-7-15(21-17(16)22(6)18(23)24)14-9-11-20(4,5)12-10-14/h7-9,12H,10-11,13H2,1-6H3. The SMILES string of the molecule is Cn1c(=O)n(CC(C)(C)C)c2ccc(C3=CCC(C)(C)[CH]C3)nc21. The lowest BCUT2D eigenvalue weighted by molar-refractivity contribution is 0.342. The second-order valence-electron chi connectivity index (χ2n) is 8.86. The summed E-state index contributed by atoms with van der Waals surface area (Å²) in [6, 6.07) is 4.10. The van der Waals surface area contributed by atoms with Crippen LogP contribution in [0.1, 0.15) is 53.2 Å². The molecule has 0 saturated heterocycles. The van der Waals surface area contributed by atoms with E-state index < -0.39 is 0 Å². The number of hydrogen-bond donors (Lipinski definition) is 0. The fourth-order valence-electron chi connectivity index (χ4n) is 3.23. The Kier molecular flexibility index (Phi) is 3.97. The van der Waals surface area contributed by atoms with Gasteiger partial charge in [-0.2, -0.15) is 0 Å². The van der Waals surface area contributed by atoms with Crippen molar-refractivity contribution in [2.24, 2.45) is 17.9 Å². The molecular weight excluding hydrogens is 298 g/mol. The van der Waals surface area contributed by atoms with E-state index in [4.69, 9.17) is 4.98 Å². The molecule has 24 heavy (non-hydrogen) atoms. The first kappa shape index (κ1) is 17.0. The highest BCUT2D eigenvalue weighted by molar-refractivity contribution is 5.76. The molecule has 2 aromatic rings. The third-order valence-electron chi connectivity index (χ3n) is 4.69. The average molecular weight is 326 g/mol. The quantitative estimate of drug-likeness (QED) is 0.830. The number of fused-ring (bicyclic) bond motifs is 1. The first-order valence-electron chi connectivity index (χ1n) is 8.67. The van der Waals surface area contributed by atoms with Gasteiger partial charge < -0.3 is 0 Å². The van der Waals surface area contributed by atoms with Gasteiger partial charge in [-0.3, -0.25) is 9.13 Å². The van der Waals surface area contributed by atoms with Crippen LogP contribution in [0.15, 0.2) is 23.0 Å². The van der Waals surface area contributed by atoms with Crippen molar-refractivity contribution in [3.8, 4) is 0 Å². The van der Waals surface area contributed by atoms with E-state index in [2.05, 4.69) is 53.2 Å². The molecular formula is C20H28N3O. The molecule has 4 heteroatoms. The van der Waals surface area contributed by atoms with Crippen molar-refractivity contribution in [2.45, 2.75) is 54.0 Å². The smallest absolute Gasteiger partial charge is 0.290 e. The van der Waals surface area contributed by atoms with Gasteiger partial charge in [-0.1, -0.05) is 40.7 Å². The summed E-state index contributed by atoms with van der Waals surface area (Å²) in [4.78, 5) is 17.4.